The van der Waals surface area contributed by atoms with Crippen molar-refractivity contribution in [3.05, 3.63) is 48.2 Å². The molecule has 3 aromatic rings. The Bertz CT molecular complexity index is 916. The van der Waals surface area contributed by atoms with E-state index < -0.39 is 0 Å². The first-order valence-corrected chi connectivity index (χ1v) is 9.19. The van der Waals surface area contributed by atoms with Gasteiger partial charge in [0.25, 0.3) is 0 Å². The molecule has 7 heteroatoms. The summed E-state index contributed by atoms with van der Waals surface area (Å²) in [6, 6.07) is 6.24. The van der Waals surface area contributed by atoms with Gasteiger partial charge in [-0.2, -0.15) is 0 Å². The predicted molar refractivity (Wildman–Crippen MR) is 106 cm³/mol. The van der Waals surface area contributed by atoms with Crippen molar-refractivity contribution < 1.29 is 4.74 Å². The summed E-state index contributed by atoms with van der Waals surface area (Å²) in [5.41, 5.74) is 6.17. The lowest BCUT2D eigenvalue weighted by Gasteiger charge is -2.28. The highest BCUT2D eigenvalue weighted by atomic mass is 16.5. The molecule has 0 amide bonds. The Balaban J connectivity index is 1.63. The van der Waals surface area contributed by atoms with Crippen molar-refractivity contribution in [2.24, 2.45) is 0 Å². The minimum Gasteiger partial charge on any atom is -0.378 e. The molecule has 140 valence electrons. The lowest BCUT2D eigenvalue weighted by molar-refractivity contribution is 0.122. The van der Waals surface area contributed by atoms with Crippen molar-refractivity contribution in [1.82, 2.24) is 25.3 Å². The van der Waals surface area contributed by atoms with Gasteiger partial charge in [-0.15, -0.1) is 0 Å². The molecule has 0 bridgehead atoms. The Hall–Kier alpha value is -2.77. The maximum Gasteiger partial charge on any atom is 0.156 e. The highest BCUT2D eigenvalue weighted by molar-refractivity contribution is 5.70. The van der Waals surface area contributed by atoms with E-state index in [-0.39, 0.29) is 0 Å². The number of aryl methyl sites for hydroxylation is 1. The molecule has 1 aliphatic rings. The van der Waals surface area contributed by atoms with E-state index in [1.807, 2.05) is 38.6 Å². The number of pyridine rings is 2. The maximum atomic E-state index is 5.44. The number of ether oxygens (including phenoxy) is 1. The van der Waals surface area contributed by atoms with Crippen molar-refractivity contribution in [1.29, 1.82) is 0 Å². The summed E-state index contributed by atoms with van der Waals surface area (Å²) in [5.74, 6) is 0.789. The van der Waals surface area contributed by atoms with Crippen LogP contribution in [0.1, 0.15) is 11.4 Å². The number of nitrogens with zero attached hydrogens (tertiary/aromatic N) is 4. The standard InChI is InChI=1S/C20H24N6O/c1-14-19(13-21-2)25-20(24-14)18-10-15(3-4-23-18)16-9-17(12-22-11-16)26-5-7-27-8-6-26/h3-4,9-12,21H,5-8,13H2,1-2H3,(H,24,25). The minimum absolute atomic E-state index is 0.730. The van der Waals surface area contributed by atoms with Gasteiger partial charge in [-0.25, -0.2) is 4.98 Å². The smallest absolute Gasteiger partial charge is 0.156 e. The molecule has 1 aliphatic heterocycles. The van der Waals surface area contributed by atoms with Crippen LogP contribution in [0.25, 0.3) is 22.6 Å². The summed E-state index contributed by atoms with van der Waals surface area (Å²) >= 11 is 0. The van der Waals surface area contributed by atoms with Gasteiger partial charge in [0.15, 0.2) is 5.82 Å². The molecule has 0 unspecified atom stereocenters. The molecule has 0 radical (unpaired) electrons. The SMILES string of the molecule is CNCc1nc(-c2cc(-c3cncc(N4CCOCC4)c3)ccn2)[nH]c1C. The van der Waals surface area contributed by atoms with Crippen LogP contribution >= 0.6 is 0 Å². The van der Waals surface area contributed by atoms with Crippen LogP contribution in [0.5, 0.6) is 0 Å². The summed E-state index contributed by atoms with van der Waals surface area (Å²) in [5, 5.41) is 3.14. The zero-order valence-electron chi connectivity index (χ0n) is 15.7. The van der Waals surface area contributed by atoms with Crippen LogP contribution in [-0.4, -0.2) is 53.3 Å². The van der Waals surface area contributed by atoms with E-state index in [4.69, 9.17) is 4.74 Å². The van der Waals surface area contributed by atoms with E-state index in [9.17, 15) is 0 Å². The number of anilines is 1. The lowest BCUT2D eigenvalue weighted by Crippen LogP contribution is -2.36. The fourth-order valence-corrected chi connectivity index (χ4v) is 3.28. The van der Waals surface area contributed by atoms with Gasteiger partial charge in [0.05, 0.1) is 30.8 Å². The summed E-state index contributed by atoms with van der Waals surface area (Å²) in [4.78, 5) is 19.3. The summed E-state index contributed by atoms with van der Waals surface area (Å²) in [6.07, 6.45) is 5.63. The molecule has 4 rings (SSSR count). The predicted octanol–water partition coefficient (Wildman–Crippen LogP) is 2.40. The first-order valence-electron chi connectivity index (χ1n) is 9.19. The number of morpholine rings is 1. The second-order valence-corrected chi connectivity index (χ2v) is 6.65. The zero-order chi connectivity index (χ0) is 18.6. The number of aromatic nitrogens is 4. The van der Waals surface area contributed by atoms with Crippen LogP contribution in [0.3, 0.4) is 0 Å². The number of hydrogen-bond donors (Lipinski definition) is 2. The zero-order valence-corrected chi connectivity index (χ0v) is 15.7. The number of rotatable bonds is 5. The summed E-state index contributed by atoms with van der Waals surface area (Å²) in [7, 11) is 1.92. The van der Waals surface area contributed by atoms with Gasteiger partial charge in [0, 0.05) is 43.3 Å². The molecule has 0 atom stereocenters. The molecule has 0 saturated carbocycles. The topological polar surface area (TPSA) is 79.0 Å². The Morgan fingerprint density at radius 3 is 2.85 bits per heavy atom. The van der Waals surface area contributed by atoms with E-state index in [0.29, 0.717) is 0 Å². The maximum absolute atomic E-state index is 5.44. The average molecular weight is 364 g/mol. The van der Waals surface area contributed by atoms with Gasteiger partial charge >= 0.3 is 0 Å². The number of H-pyrrole nitrogens is 1. The highest BCUT2D eigenvalue weighted by Crippen LogP contribution is 2.26. The Morgan fingerprint density at radius 1 is 1.19 bits per heavy atom. The summed E-state index contributed by atoms with van der Waals surface area (Å²) in [6.45, 7) is 6.07. The third kappa shape index (κ3) is 3.84. The number of aromatic amines is 1. The Labute approximate surface area is 158 Å². The fourth-order valence-electron chi connectivity index (χ4n) is 3.28. The number of nitrogens with one attached hydrogen (secondary N) is 2. The van der Waals surface area contributed by atoms with Crippen molar-refractivity contribution >= 4 is 5.69 Å². The van der Waals surface area contributed by atoms with Crippen LogP contribution in [0.2, 0.25) is 0 Å². The van der Waals surface area contributed by atoms with Crippen LogP contribution in [0.4, 0.5) is 5.69 Å². The molecular weight excluding hydrogens is 340 g/mol. The fraction of sp³-hybridized carbons (Fsp3) is 0.350. The van der Waals surface area contributed by atoms with Gasteiger partial charge in [-0.05, 0) is 37.7 Å². The van der Waals surface area contributed by atoms with E-state index >= 15 is 0 Å². The molecule has 1 fully saturated rings. The number of hydrogen-bond acceptors (Lipinski definition) is 6. The highest BCUT2D eigenvalue weighted by Gasteiger charge is 2.14. The van der Waals surface area contributed by atoms with E-state index in [1.165, 1.54) is 0 Å². The van der Waals surface area contributed by atoms with Gasteiger partial charge in [0.2, 0.25) is 0 Å². The normalized spacial score (nSPS) is 14.5. The largest absolute Gasteiger partial charge is 0.378 e. The van der Waals surface area contributed by atoms with Crippen molar-refractivity contribution in [2.45, 2.75) is 13.5 Å². The molecule has 1 saturated heterocycles. The van der Waals surface area contributed by atoms with Gasteiger partial charge in [-0.3, -0.25) is 9.97 Å². The lowest BCUT2D eigenvalue weighted by atomic mass is 10.1. The first kappa shape index (κ1) is 17.6. The average Bonchev–Trinajstić information content (AvgIpc) is 3.10. The van der Waals surface area contributed by atoms with Crippen LogP contribution in [0.15, 0.2) is 36.8 Å². The molecule has 0 spiro atoms. The van der Waals surface area contributed by atoms with Crippen molar-refractivity contribution in [2.75, 3.05) is 38.3 Å². The van der Waals surface area contributed by atoms with Crippen LogP contribution in [0, 0.1) is 6.92 Å². The molecule has 0 aliphatic carbocycles. The molecule has 27 heavy (non-hydrogen) atoms. The van der Waals surface area contributed by atoms with Crippen molar-refractivity contribution in [3.63, 3.8) is 0 Å². The molecule has 7 nitrogen and oxygen atoms in total. The van der Waals surface area contributed by atoms with E-state index in [0.717, 1.165) is 72.6 Å². The van der Waals surface area contributed by atoms with Crippen molar-refractivity contribution in [3.8, 4) is 22.6 Å². The Kier molecular flexibility index (Phi) is 5.13. The number of imidazole rings is 1. The Morgan fingerprint density at radius 2 is 2.04 bits per heavy atom. The molecule has 3 aromatic heterocycles. The minimum atomic E-state index is 0.730. The molecule has 0 aromatic carbocycles. The first-order chi connectivity index (χ1) is 13.2. The quantitative estimate of drug-likeness (QED) is 0.724. The second kappa shape index (κ2) is 7.85. The third-order valence-electron chi connectivity index (χ3n) is 4.77. The molecular formula is C20H24N6O. The molecule has 4 heterocycles. The summed E-state index contributed by atoms with van der Waals surface area (Å²) < 4.78 is 5.44. The van der Waals surface area contributed by atoms with Gasteiger partial charge < -0.3 is 19.9 Å². The monoisotopic (exact) mass is 364 g/mol. The second-order valence-electron chi connectivity index (χ2n) is 6.65. The molecule has 2 N–H and O–H groups in total. The van der Waals surface area contributed by atoms with Gasteiger partial charge in [-0.1, -0.05) is 0 Å². The van der Waals surface area contributed by atoms with Crippen LogP contribution < -0.4 is 10.2 Å². The van der Waals surface area contributed by atoms with E-state index in [1.54, 1.807) is 0 Å². The van der Waals surface area contributed by atoms with E-state index in [2.05, 4.69) is 42.3 Å². The van der Waals surface area contributed by atoms with Crippen LogP contribution in [-0.2, 0) is 11.3 Å². The van der Waals surface area contributed by atoms with Gasteiger partial charge in [0.1, 0.15) is 5.69 Å². The third-order valence-corrected chi connectivity index (χ3v) is 4.77.